The van der Waals surface area contributed by atoms with Crippen molar-refractivity contribution in [3.63, 3.8) is 0 Å². The third-order valence-electron chi connectivity index (χ3n) is 4.40. The lowest BCUT2D eigenvalue weighted by Gasteiger charge is -2.16. The van der Waals surface area contributed by atoms with E-state index in [-0.39, 0.29) is 31.7 Å². The van der Waals surface area contributed by atoms with Crippen LogP contribution < -0.4 is 9.47 Å². The van der Waals surface area contributed by atoms with Gasteiger partial charge in [-0.1, -0.05) is 21.1 Å². The van der Waals surface area contributed by atoms with Gasteiger partial charge in [0.05, 0.1) is 19.8 Å². The minimum Gasteiger partial charge on any atom is -0.497 e. The van der Waals surface area contributed by atoms with E-state index < -0.39 is 17.9 Å². The SMILES string of the molecule is COCOc1cc(OC)cc(/C=C/C[C@@H]2OC(C)(C)O[C@@H]2CO)c1C(=O)OCCSI. The van der Waals surface area contributed by atoms with Crippen molar-refractivity contribution in [3.8, 4) is 11.5 Å². The summed E-state index contributed by atoms with van der Waals surface area (Å²) in [6.07, 6.45) is 3.42. The van der Waals surface area contributed by atoms with Crippen LogP contribution >= 0.6 is 30.1 Å². The van der Waals surface area contributed by atoms with Crippen molar-refractivity contribution in [3.05, 3.63) is 29.3 Å². The lowest BCUT2D eigenvalue weighted by molar-refractivity contribution is -0.148. The van der Waals surface area contributed by atoms with Crippen LogP contribution in [0.25, 0.3) is 6.08 Å². The summed E-state index contributed by atoms with van der Waals surface area (Å²) in [5.41, 5.74) is 0.867. The van der Waals surface area contributed by atoms with Crippen LogP contribution in [0.3, 0.4) is 0 Å². The first-order valence-corrected chi connectivity index (χ1v) is 13.3. The Morgan fingerprint density at radius 1 is 1.29 bits per heavy atom. The van der Waals surface area contributed by atoms with E-state index >= 15 is 0 Å². The third kappa shape index (κ3) is 7.79. The van der Waals surface area contributed by atoms with Gasteiger partial charge in [-0.15, -0.1) is 0 Å². The highest BCUT2D eigenvalue weighted by molar-refractivity contribution is 14.2. The average Bonchev–Trinajstić information content (AvgIpc) is 3.05. The van der Waals surface area contributed by atoms with Gasteiger partial charge in [0.1, 0.15) is 29.8 Å². The predicted molar refractivity (Wildman–Crippen MR) is 127 cm³/mol. The van der Waals surface area contributed by atoms with Crippen molar-refractivity contribution in [2.24, 2.45) is 0 Å². The molecule has 1 heterocycles. The molecule has 0 aliphatic carbocycles. The number of hydrogen-bond acceptors (Lipinski definition) is 9. The summed E-state index contributed by atoms with van der Waals surface area (Å²) in [6.45, 7) is 3.74. The Bertz CT molecular complexity index is 755. The predicted octanol–water partition coefficient (Wildman–Crippen LogP) is 3.83. The second-order valence-corrected chi connectivity index (χ2v) is 9.62. The van der Waals surface area contributed by atoms with E-state index in [0.717, 1.165) is 0 Å². The number of benzene rings is 1. The van der Waals surface area contributed by atoms with Crippen LogP contribution in [0.1, 0.15) is 36.2 Å². The van der Waals surface area contributed by atoms with Gasteiger partial charge in [-0.25, -0.2) is 4.79 Å². The molecule has 0 spiro atoms. The molecule has 0 aromatic heterocycles. The molecule has 0 unspecified atom stereocenters. The third-order valence-corrected chi connectivity index (χ3v) is 6.04. The van der Waals surface area contributed by atoms with Crippen molar-refractivity contribution in [2.75, 3.05) is 40.0 Å². The van der Waals surface area contributed by atoms with Crippen LogP contribution in [0.15, 0.2) is 18.2 Å². The fraction of sp³-hybridized carbons (Fsp3) is 0.571. The van der Waals surface area contributed by atoms with E-state index in [0.29, 0.717) is 29.2 Å². The van der Waals surface area contributed by atoms with Gasteiger partial charge in [-0.05, 0) is 53.1 Å². The zero-order chi connectivity index (χ0) is 22.9. The van der Waals surface area contributed by atoms with Crippen molar-refractivity contribution in [1.29, 1.82) is 0 Å². The molecular weight excluding hydrogens is 539 g/mol. The molecule has 1 aliphatic heterocycles. The Kier molecular flexibility index (Phi) is 10.9. The number of aliphatic hydroxyl groups is 1. The number of rotatable bonds is 12. The fourth-order valence-corrected chi connectivity index (χ4v) is 3.83. The maximum Gasteiger partial charge on any atom is 0.342 e. The number of methoxy groups -OCH3 is 2. The van der Waals surface area contributed by atoms with E-state index in [2.05, 4.69) is 21.2 Å². The Morgan fingerprint density at radius 2 is 2.03 bits per heavy atom. The highest BCUT2D eigenvalue weighted by atomic mass is 127. The Hall–Kier alpha value is -1.05. The normalized spacial score (nSPS) is 20.2. The van der Waals surface area contributed by atoms with Gasteiger partial charge < -0.3 is 33.5 Å². The molecule has 2 atom stereocenters. The van der Waals surface area contributed by atoms with E-state index in [1.807, 2.05) is 19.9 Å². The highest BCUT2D eigenvalue weighted by Crippen LogP contribution is 2.33. The molecule has 1 saturated heterocycles. The number of hydrogen-bond donors (Lipinski definition) is 1. The maximum atomic E-state index is 12.8. The van der Waals surface area contributed by atoms with Crippen molar-refractivity contribution in [2.45, 2.75) is 38.3 Å². The van der Waals surface area contributed by atoms with E-state index in [9.17, 15) is 9.90 Å². The van der Waals surface area contributed by atoms with Gasteiger partial charge in [0.15, 0.2) is 12.6 Å². The van der Waals surface area contributed by atoms with Crippen LogP contribution in [0, 0.1) is 0 Å². The van der Waals surface area contributed by atoms with Gasteiger partial charge >= 0.3 is 5.97 Å². The van der Waals surface area contributed by atoms with Crippen LogP contribution in [0.2, 0.25) is 0 Å². The van der Waals surface area contributed by atoms with E-state index in [4.69, 9.17) is 28.4 Å². The number of halogens is 1. The van der Waals surface area contributed by atoms with Crippen molar-refractivity contribution in [1.82, 2.24) is 0 Å². The smallest absolute Gasteiger partial charge is 0.342 e. The van der Waals surface area contributed by atoms with Crippen LogP contribution in [-0.4, -0.2) is 69.1 Å². The standard InChI is InChI=1S/C21H29IO8S/c1-21(2)29-16(18(12-23)30-21)7-5-6-14-10-15(26-4)11-17(28-13-25-3)19(14)20(24)27-8-9-31-22/h5-6,10-11,16,18,23H,7-9,12-13H2,1-4H3/b6-5+/t16-,18+/m0/s1. The van der Waals surface area contributed by atoms with Crippen LogP contribution in [0.4, 0.5) is 0 Å². The molecule has 2 rings (SSSR count). The summed E-state index contributed by atoms with van der Waals surface area (Å²) in [6, 6.07) is 3.36. The summed E-state index contributed by atoms with van der Waals surface area (Å²) >= 11 is 2.15. The largest absolute Gasteiger partial charge is 0.497 e. The Labute approximate surface area is 199 Å². The molecule has 0 radical (unpaired) electrons. The second kappa shape index (κ2) is 12.9. The topological polar surface area (TPSA) is 92.7 Å². The van der Waals surface area contributed by atoms with E-state index in [1.54, 1.807) is 27.1 Å². The van der Waals surface area contributed by atoms with Gasteiger partial charge in [0.25, 0.3) is 0 Å². The first kappa shape index (κ1) is 26.2. The summed E-state index contributed by atoms with van der Waals surface area (Å²) < 4.78 is 32.9. The van der Waals surface area contributed by atoms with Gasteiger partial charge in [0.2, 0.25) is 0 Å². The van der Waals surface area contributed by atoms with Crippen LogP contribution in [0.5, 0.6) is 11.5 Å². The summed E-state index contributed by atoms with van der Waals surface area (Å²) in [4.78, 5) is 12.8. The molecule has 0 bridgehead atoms. The first-order chi connectivity index (χ1) is 14.8. The lowest BCUT2D eigenvalue weighted by atomic mass is 10.0. The van der Waals surface area contributed by atoms with Gasteiger partial charge in [-0.2, -0.15) is 0 Å². The zero-order valence-electron chi connectivity index (χ0n) is 18.1. The number of ether oxygens (including phenoxy) is 6. The summed E-state index contributed by atoms with van der Waals surface area (Å²) in [5, 5.41) is 9.55. The number of carbonyl (C=O) groups excluding carboxylic acids is 1. The molecule has 0 saturated carbocycles. The molecule has 1 fully saturated rings. The van der Waals surface area contributed by atoms with Crippen LogP contribution in [-0.2, 0) is 18.9 Å². The monoisotopic (exact) mass is 568 g/mol. The number of aliphatic hydroxyl groups excluding tert-OH is 1. The lowest BCUT2D eigenvalue weighted by Crippen LogP contribution is -2.25. The maximum absolute atomic E-state index is 12.8. The molecule has 1 N–H and O–H groups in total. The molecular formula is C21H29IO8S. The average molecular weight is 568 g/mol. The number of carbonyl (C=O) groups is 1. The molecule has 0 amide bonds. The summed E-state index contributed by atoms with van der Waals surface area (Å²) in [7, 11) is 4.60. The number of esters is 1. The molecule has 10 heteroatoms. The molecule has 1 aromatic carbocycles. The molecule has 174 valence electrons. The molecule has 1 aromatic rings. The fourth-order valence-electron chi connectivity index (χ4n) is 3.15. The molecule has 8 nitrogen and oxygen atoms in total. The van der Waals surface area contributed by atoms with Crippen molar-refractivity contribution >= 4 is 42.2 Å². The summed E-state index contributed by atoms with van der Waals surface area (Å²) in [5.74, 6) is 0.268. The van der Waals surface area contributed by atoms with Crippen molar-refractivity contribution < 1.29 is 38.3 Å². The molecule has 31 heavy (non-hydrogen) atoms. The minimum atomic E-state index is -0.755. The Morgan fingerprint density at radius 3 is 2.68 bits per heavy atom. The quantitative estimate of drug-likeness (QED) is 0.175. The second-order valence-electron chi connectivity index (χ2n) is 7.12. The molecule has 1 aliphatic rings. The van der Waals surface area contributed by atoms with E-state index in [1.165, 1.54) is 14.2 Å². The van der Waals surface area contributed by atoms with Gasteiger partial charge in [0, 0.05) is 18.9 Å². The van der Waals surface area contributed by atoms with Gasteiger partial charge in [-0.3, -0.25) is 0 Å². The Balaban J connectivity index is 2.30. The zero-order valence-corrected chi connectivity index (χ0v) is 21.1. The minimum absolute atomic E-state index is 0.0271. The first-order valence-electron chi connectivity index (χ1n) is 9.72. The highest BCUT2D eigenvalue weighted by Gasteiger charge is 2.40.